The van der Waals surface area contributed by atoms with Crippen LogP contribution in [0.25, 0.3) is 0 Å². The van der Waals surface area contributed by atoms with Crippen LogP contribution in [0.3, 0.4) is 0 Å². The topological polar surface area (TPSA) is 120 Å². The fraction of sp³-hybridized carbons (Fsp3) is 0.333. The summed E-state index contributed by atoms with van der Waals surface area (Å²) in [4.78, 5) is 12.2. The molecule has 10 heteroatoms. The third-order valence-corrected chi connectivity index (χ3v) is 8.17. The Bertz CT molecular complexity index is 1150. The highest BCUT2D eigenvalue weighted by Crippen LogP contribution is 2.44. The standard InChI is InChI=1S/C21H20ClN3O5S/c22-17-4-2-6-20(16(17)12-23)30-14-7-9-15(10-8-14)31(28,29)25-18-5-1-3-13(18)11-19(25)21(26)24-27/h2,4,6-10,13,18-19,27H,1,3,5,11H2,(H,24,26)/t13-,18-,19-/m1/s1. The van der Waals surface area contributed by atoms with Crippen molar-refractivity contribution in [3.05, 3.63) is 53.1 Å². The van der Waals surface area contributed by atoms with E-state index in [4.69, 9.17) is 21.5 Å². The third kappa shape index (κ3) is 3.88. The van der Waals surface area contributed by atoms with E-state index in [0.29, 0.717) is 18.6 Å². The lowest BCUT2D eigenvalue weighted by Crippen LogP contribution is -2.48. The molecular weight excluding hydrogens is 442 g/mol. The summed E-state index contributed by atoms with van der Waals surface area (Å²) in [5.74, 6) is -0.0176. The molecule has 1 saturated carbocycles. The quantitative estimate of drug-likeness (QED) is 0.520. The van der Waals surface area contributed by atoms with Gasteiger partial charge in [-0.2, -0.15) is 9.57 Å². The maximum absolute atomic E-state index is 13.4. The van der Waals surface area contributed by atoms with Gasteiger partial charge in [-0.25, -0.2) is 13.9 Å². The van der Waals surface area contributed by atoms with Crippen molar-refractivity contribution in [2.24, 2.45) is 5.92 Å². The Balaban J connectivity index is 1.61. The molecule has 31 heavy (non-hydrogen) atoms. The van der Waals surface area contributed by atoms with E-state index in [1.165, 1.54) is 28.6 Å². The highest BCUT2D eigenvalue weighted by atomic mass is 35.5. The minimum atomic E-state index is -3.97. The number of carbonyl (C=O) groups excluding carboxylic acids is 1. The molecule has 162 valence electrons. The van der Waals surface area contributed by atoms with E-state index in [0.717, 1.165) is 12.8 Å². The molecule has 0 unspecified atom stereocenters. The Kier molecular flexibility index (Phi) is 5.90. The molecule has 4 rings (SSSR count). The number of hydrogen-bond donors (Lipinski definition) is 2. The van der Waals surface area contributed by atoms with Crippen LogP contribution in [0, 0.1) is 17.2 Å². The van der Waals surface area contributed by atoms with Gasteiger partial charge in [0, 0.05) is 6.04 Å². The van der Waals surface area contributed by atoms with Gasteiger partial charge >= 0.3 is 0 Å². The fourth-order valence-electron chi connectivity index (χ4n) is 4.52. The Hall–Kier alpha value is -2.64. The number of amides is 1. The van der Waals surface area contributed by atoms with Crippen molar-refractivity contribution in [3.8, 4) is 17.6 Å². The first-order chi connectivity index (χ1) is 14.9. The minimum Gasteiger partial charge on any atom is -0.456 e. The summed E-state index contributed by atoms with van der Waals surface area (Å²) >= 11 is 6.01. The summed E-state index contributed by atoms with van der Waals surface area (Å²) in [5, 5.41) is 18.6. The Labute approximate surface area is 185 Å². The molecular formula is C21H20ClN3O5S. The number of ether oxygens (including phenoxy) is 1. The molecule has 2 fully saturated rings. The maximum atomic E-state index is 13.4. The van der Waals surface area contributed by atoms with Crippen LogP contribution >= 0.6 is 11.6 Å². The number of halogens is 1. The van der Waals surface area contributed by atoms with E-state index in [1.54, 1.807) is 23.7 Å². The lowest BCUT2D eigenvalue weighted by molar-refractivity contribution is -0.132. The number of rotatable bonds is 5. The fourth-order valence-corrected chi connectivity index (χ4v) is 6.60. The van der Waals surface area contributed by atoms with Crippen LogP contribution in [-0.2, 0) is 14.8 Å². The van der Waals surface area contributed by atoms with Crippen molar-refractivity contribution >= 4 is 27.5 Å². The van der Waals surface area contributed by atoms with Crippen molar-refractivity contribution in [2.75, 3.05) is 0 Å². The number of hydroxylamine groups is 1. The molecule has 8 nitrogen and oxygen atoms in total. The predicted octanol–water partition coefficient (Wildman–Crippen LogP) is 3.44. The third-order valence-electron chi connectivity index (χ3n) is 5.91. The molecule has 2 aromatic carbocycles. The lowest BCUT2D eigenvalue weighted by atomic mass is 10.0. The molecule has 0 bridgehead atoms. The Morgan fingerprint density at radius 3 is 2.65 bits per heavy atom. The van der Waals surface area contributed by atoms with Gasteiger partial charge in [0.05, 0.1) is 9.92 Å². The van der Waals surface area contributed by atoms with Gasteiger partial charge in [0.15, 0.2) is 0 Å². The van der Waals surface area contributed by atoms with Gasteiger partial charge in [-0.15, -0.1) is 0 Å². The number of sulfonamides is 1. The van der Waals surface area contributed by atoms with Gasteiger partial charge in [0.2, 0.25) is 10.0 Å². The first kappa shape index (κ1) is 21.6. The Morgan fingerprint density at radius 2 is 1.97 bits per heavy atom. The summed E-state index contributed by atoms with van der Waals surface area (Å²) in [7, 11) is -3.97. The summed E-state index contributed by atoms with van der Waals surface area (Å²) in [6.07, 6.45) is 2.84. The largest absolute Gasteiger partial charge is 0.456 e. The zero-order chi connectivity index (χ0) is 22.2. The second kappa shape index (κ2) is 8.48. The molecule has 1 saturated heterocycles. The molecule has 0 spiro atoms. The summed E-state index contributed by atoms with van der Waals surface area (Å²) in [5.41, 5.74) is 1.78. The van der Waals surface area contributed by atoms with Gasteiger partial charge in [-0.3, -0.25) is 10.0 Å². The van der Waals surface area contributed by atoms with Gasteiger partial charge in [0.25, 0.3) is 5.91 Å². The van der Waals surface area contributed by atoms with E-state index in [9.17, 15) is 18.5 Å². The van der Waals surface area contributed by atoms with E-state index in [1.807, 2.05) is 6.07 Å². The van der Waals surface area contributed by atoms with Crippen LogP contribution < -0.4 is 10.2 Å². The van der Waals surface area contributed by atoms with Crippen LogP contribution in [0.15, 0.2) is 47.4 Å². The van der Waals surface area contributed by atoms with Crippen LogP contribution in [0.4, 0.5) is 0 Å². The Morgan fingerprint density at radius 1 is 1.23 bits per heavy atom. The highest BCUT2D eigenvalue weighted by Gasteiger charge is 2.52. The number of nitrogens with zero attached hydrogens (tertiary/aromatic N) is 2. The van der Waals surface area contributed by atoms with Crippen LogP contribution in [0.5, 0.6) is 11.5 Å². The molecule has 0 radical (unpaired) electrons. The summed E-state index contributed by atoms with van der Waals surface area (Å²) in [6, 6.07) is 11.4. The van der Waals surface area contributed by atoms with Crippen molar-refractivity contribution < 1.29 is 23.2 Å². The van der Waals surface area contributed by atoms with Gasteiger partial charge in [-0.1, -0.05) is 24.1 Å². The zero-order valence-electron chi connectivity index (χ0n) is 16.4. The number of fused-ring (bicyclic) bond motifs is 1. The van der Waals surface area contributed by atoms with E-state index >= 15 is 0 Å². The predicted molar refractivity (Wildman–Crippen MR) is 111 cm³/mol. The second-order valence-corrected chi connectivity index (χ2v) is 9.87. The van der Waals surface area contributed by atoms with Crippen molar-refractivity contribution in [2.45, 2.75) is 42.7 Å². The smallest absolute Gasteiger partial charge is 0.261 e. The molecule has 2 aromatic rings. The molecule has 0 aromatic heterocycles. The first-order valence-electron chi connectivity index (χ1n) is 9.81. The lowest BCUT2D eigenvalue weighted by Gasteiger charge is -2.27. The van der Waals surface area contributed by atoms with Gasteiger partial charge in [0.1, 0.15) is 29.2 Å². The van der Waals surface area contributed by atoms with Crippen molar-refractivity contribution in [3.63, 3.8) is 0 Å². The molecule has 2 N–H and O–H groups in total. The number of benzene rings is 2. The number of nitriles is 1. The van der Waals surface area contributed by atoms with Crippen LogP contribution in [-0.4, -0.2) is 35.9 Å². The molecule has 3 atom stereocenters. The minimum absolute atomic E-state index is 0.0229. The molecule has 2 aliphatic rings. The molecule has 1 heterocycles. The van der Waals surface area contributed by atoms with Crippen LogP contribution in [0.1, 0.15) is 31.2 Å². The van der Waals surface area contributed by atoms with Crippen molar-refractivity contribution in [1.29, 1.82) is 5.26 Å². The van der Waals surface area contributed by atoms with Gasteiger partial charge < -0.3 is 4.74 Å². The first-order valence-corrected chi connectivity index (χ1v) is 11.6. The second-order valence-electron chi connectivity index (χ2n) is 7.62. The van der Waals surface area contributed by atoms with E-state index < -0.39 is 22.0 Å². The van der Waals surface area contributed by atoms with Gasteiger partial charge in [-0.05, 0) is 61.6 Å². The molecule has 1 aliphatic carbocycles. The SMILES string of the molecule is N#Cc1c(Cl)cccc1Oc1ccc(S(=O)(=O)N2[C@@H](C(=O)NO)C[C@H]3CCC[C@H]32)cc1. The summed E-state index contributed by atoms with van der Waals surface area (Å²) in [6.45, 7) is 0. The average molecular weight is 462 g/mol. The normalized spacial score (nSPS) is 23.2. The molecule has 1 amide bonds. The number of carbonyl (C=O) groups is 1. The monoisotopic (exact) mass is 461 g/mol. The van der Waals surface area contributed by atoms with E-state index in [-0.39, 0.29) is 33.2 Å². The summed E-state index contributed by atoms with van der Waals surface area (Å²) < 4.78 is 33.7. The van der Waals surface area contributed by atoms with Crippen LogP contribution in [0.2, 0.25) is 5.02 Å². The maximum Gasteiger partial charge on any atom is 0.261 e. The van der Waals surface area contributed by atoms with Crippen molar-refractivity contribution in [1.82, 2.24) is 9.79 Å². The highest BCUT2D eigenvalue weighted by molar-refractivity contribution is 7.89. The zero-order valence-corrected chi connectivity index (χ0v) is 17.9. The number of nitrogens with one attached hydrogen (secondary N) is 1. The number of hydrogen-bond acceptors (Lipinski definition) is 6. The average Bonchev–Trinajstić information content (AvgIpc) is 3.35. The molecule has 1 aliphatic heterocycles. The van der Waals surface area contributed by atoms with E-state index in [2.05, 4.69) is 0 Å².